The number of ether oxygens (including phenoxy) is 11. The second-order valence-corrected chi connectivity index (χ2v) is 24.1. The molecule has 0 unspecified atom stereocenters. The van der Waals surface area contributed by atoms with Gasteiger partial charge in [0.25, 0.3) is 0 Å². The highest BCUT2D eigenvalue weighted by Crippen LogP contribution is 2.29. The third-order valence-electron chi connectivity index (χ3n) is 8.69. The summed E-state index contributed by atoms with van der Waals surface area (Å²) in [6.07, 6.45) is 19.6. The predicted molar refractivity (Wildman–Crippen MR) is 358 cm³/mol. The first-order valence-electron chi connectivity index (χ1n) is 32.2. The van der Waals surface area contributed by atoms with E-state index in [9.17, 15) is 8.78 Å². The Kier molecular flexibility index (Phi) is 90.4. The summed E-state index contributed by atoms with van der Waals surface area (Å²) in [4.78, 5) is 0. The highest BCUT2D eigenvalue weighted by Gasteiger charge is 2.23. The van der Waals surface area contributed by atoms with Crippen LogP contribution in [0.5, 0.6) is 0 Å². The molecule has 11 nitrogen and oxygen atoms in total. The van der Waals surface area contributed by atoms with Crippen molar-refractivity contribution in [2.24, 2.45) is 11.8 Å². The van der Waals surface area contributed by atoms with E-state index in [0.29, 0.717) is 92.9 Å². The Bertz CT molecular complexity index is 1200. The molecule has 2 fully saturated rings. The predicted octanol–water partition coefficient (Wildman–Crippen LogP) is 20.2. The Labute approximate surface area is 518 Å². The van der Waals surface area contributed by atoms with Gasteiger partial charge in [-0.2, -0.15) is 8.78 Å². The number of rotatable bonds is 29. The van der Waals surface area contributed by atoms with Crippen LogP contribution < -0.4 is 0 Å². The first-order valence-corrected chi connectivity index (χ1v) is 32.2. The minimum atomic E-state index is -2.98. The lowest BCUT2D eigenvalue weighted by Gasteiger charge is -2.13. The number of halogens is 2. The Balaban J connectivity index is -0.000000104. The maximum atomic E-state index is 11.8. The van der Waals surface area contributed by atoms with Gasteiger partial charge in [0, 0.05) is 40.0 Å². The first kappa shape index (κ1) is 100. The van der Waals surface area contributed by atoms with E-state index >= 15 is 0 Å². The van der Waals surface area contributed by atoms with E-state index in [4.69, 9.17) is 53.8 Å². The maximum Gasteiger partial charge on any atom is 0.353 e. The summed E-state index contributed by atoms with van der Waals surface area (Å²) in [7, 11) is 0. The Hall–Kier alpha value is -1.54. The fourth-order valence-corrected chi connectivity index (χ4v) is 5.30. The lowest BCUT2D eigenvalue weighted by atomic mass is 10.2. The van der Waals surface area contributed by atoms with Gasteiger partial charge >= 0.3 is 6.11 Å². The number of hydrogen-bond acceptors (Lipinski definition) is 11. The molecule has 0 aliphatic heterocycles. The SMILES string of the molecule is C#CCOC(C)C.C=C(C)COC(C)C.C=CCOC(C)C.CC(C)COC(C)C.CC(C)OC(C)(F)F.CC(C)OC(C)C.CC(C)OC1CCCC1.CC(C)OCC1CC1.CCCCOC(C)C.CCCOC(C)C.CCOC(C)C. The van der Waals surface area contributed by atoms with Gasteiger partial charge in [-0.05, 0) is 230 Å². The van der Waals surface area contributed by atoms with Crippen molar-refractivity contribution in [2.45, 2.75) is 358 Å². The van der Waals surface area contributed by atoms with Crippen molar-refractivity contribution < 1.29 is 60.9 Å². The molecule has 0 radical (unpaired) electrons. The quantitative estimate of drug-likeness (QED) is 0.0406. The van der Waals surface area contributed by atoms with Crippen molar-refractivity contribution in [3.63, 3.8) is 0 Å². The number of alkyl halides is 2. The van der Waals surface area contributed by atoms with Crippen molar-refractivity contribution >= 4 is 0 Å². The van der Waals surface area contributed by atoms with Crippen LogP contribution in [0.4, 0.5) is 8.78 Å². The number of unbranched alkanes of at least 4 members (excludes halogenated alkanes) is 1. The van der Waals surface area contributed by atoms with Gasteiger partial charge in [-0.3, -0.25) is 0 Å². The van der Waals surface area contributed by atoms with E-state index in [1.165, 1.54) is 51.4 Å². The zero-order valence-electron chi connectivity index (χ0n) is 61.0. The van der Waals surface area contributed by atoms with Crippen LogP contribution in [-0.4, -0.2) is 138 Å². The van der Waals surface area contributed by atoms with Crippen LogP contribution in [0.15, 0.2) is 24.8 Å². The summed E-state index contributed by atoms with van der Waals surface area (Å²) in [6, 6.07) is 0. The molecule has 2 saturated carbocycles. The summed E-state index contributed by atoms with van der Waals surface area (Å²) in [5, 5.41) is 0. The molecule has 0 atom stereocenters. The van der Waals surface area contributed by atoms with Gasteiger partial charge in [-0.25, -0.2) is 0 Å². The van der Waals surface area contributed by atoms with Crippen LogP contribution in [-0.2, 0) is 52.1 Å². The Morgan fingerprint density at radius 3 is 1.13 bits per heavy atom. The number of hydrogen-bond donors (Lipinski definition) is 0. The summed E-state index contributed by atoms with van der Waals surface area (Å²) in [6.45, 7) is 74.9. The molecule has 0 spiro atoms. The molecule has 508 valence electrons. The van der Waals surface area contributed by atoms with Crippen molar-refractivity contribution in [2.75, 3.05) is 52.9 Å². The molecular weight excluding hydrogens is 1050 g/mol. The summed E-state index contributed by atoms with van der Waals surface area (Å²) in [5.41, 5.74) is 1.08. The molecule has 0 saturated heterocycles. The van der Waals surface area contributed by atoms with Gasteiger partial charge in [0.1, 0.15) is 6.61 Å². The monoisotopic (exact) mass is 1200 g/mol. The topological polar surface area (TPSA) is 102 Å². The molecule has 0 heterocycles. The molecule has 0 aromatic carbocycles. The van der Waals surface area contributed by atoms with Crippen LogP contribution in [0, 0.1) is 24.2 Å². The van der Waals surface area contributed by atoms with Gasteiger partial charge in [-0.15, -0.1) is 13.0 Å². The second-order valence-electron chi connectivity index (χ2n) is 24.1. The highest BCUT2D eigenvalue weighted by molar-refractivity contribution is 4.87. The zero-order valence-corrected chi connectivity index (χ0v) is 61.0. The van der Waals surface area contributed by atoms with Gasteiger partial charge in [0.05, 0.1) is 92.6 Å². The summed E-state index contributed by atoms with van der Waals surface area (Å²) < 4.78 is 79.9. The largest absolute Gasteiger partial charge is 0.379 e. The molecule has 13 heteroatoms. The Morgan fingerprint density at radius 2 is 0.952 bits per heavy atom. The third-order valence-corrected chi connectivity index (χ3v) is 8.69. The van der Waals surface area contributed by atoms with E-state index < -0.39 is 12.2 Å². The number of terminal acetylenes is 1. The molecule has 0 aromatic heterocycles. The van der Waals surface area contributed by atoms with Crippen LogP contribution in [0.2, 0.25) is 0 Å². The molecule has 0 bridgehead atoms. The maximum absolute atomic E-state index is 11.8. The van der Waals surface area contributed by atoms with Crippen molar-refractivity contribution in [1.29, 1.82) is 0 Å². The average Bonchev–Trinajstić information content (AvgIpc) is 4.03. The van der Waals surface area contributed by atoms with Crippen LogP contribution in [0.25, 0.3) is 0 Å². The normalized spacial score (nSPS) is 12.6. The molecule has 0 aromatic rings. The van der Waals surface area contributed by atoms with E-state index in [0.717, 1.165) is 57.9 Å². The minimum Gasteiger partial charge on any atom is -0.379 e. The molecule has 2 rings (SSSR count). The molecule has 0 amide bonds. The lowest BCUT2D eigenvalue weighted by Crippen LogP contribution is -2.20. The molecular formula is C70H148F2O11. The van der Waals surface area contributed by atoms with Crippen molar-refractivity contribution in [3.8, 4) is 12.3 Å². The summed E-state index contributed by atoms with van der Waals surface area (Å²) >= 11 is 0. The molecule has 2 aliphatic carbocycles. The highest BCUT2D eigenvalue weighted by atomic mass is 19.3. The molecule has 0 N–H and O–H groups in total. The molecule has 2 aliphatic rings. The second kappa shape index (κ2) is 74.7. The smallest absolute Gasteiger partial charge is 0.353 e. The Morgan fingerprint density at radius 1 is 0.530 bits per heavy atom. The lowest BCUT2D eigenvalue weighted by molar-refractivity contribution is -0.242. The van der Waals surface area contributed by atoms with E-state index in [2.05, 4.69) is 121 Å². The van der Waals surface area contributed by atoms with E-state index in [1.807, 2.05) is 96.9 Å². The fraction of sp³-hybridized carbons (Fsp3) is 0.914. The van der Waals surface area contributed by atoms with E-state index in [-0.39, 0.29) is 6.10 Å². The van der Waals surface area contributed by atoms with Crippen molar-refractivity contribution in [3.05, 3.63) is 24.8 Å². The zero-order chi connectivity index (χ0) is 67.0. The standard InChI is InChI=1S/C8H16O.C7H14O.C7H16O.C7H14O.C7H16O.2C6H14O.C6H12O.C6H10O.C5H10F2O.C5H12O/c1-7(2)9-8-5-3-4-6-8;1-6(2)8-5-7-3-4-7;2*1-6(2)5-8-7(3)4;1-4-5-6-8-7(2)3;1-5(2)7-6(3)4;3*1-4-5-7-6(2)3;1-4(2)8-5(3,6)7;1-4-6-5(2)3/h7-8H,3-6H2,1-2H3;6-7H,3-5H2,1-2H3;6-7H,5H2,1-4H3;7H,1,5H2,2-4H3;7H,4-6H2,1-3H3;5-6H,1-4H3;6H,4-5H2,1-3H3;4,6H,1,5H2,2-3H3;1,6H,5H2,2-3H3;4H,1-3H3;5H,4H2,1-3H3. The van der Waals surface area contributed by atoms with Gasteiger partial charge < -0.3 is 52.1 Å². The van der Waals surface area contributed by atoms with Gasteiger partial charge in [0.15, 0.2) is 0 Å². The van der Waals surface area contributed by atoms with E-state index in [1.54, 1.807) is 19.9 Å². The summed E-state index contributed by atoms with van der Waals surface area (Å²) in [5.74, 6) is 3.96. The van der Waals surface area contributed by atoms with Crippen LogP contribution in [0.1, 0.15) is 272 Å². The first-order chi connectivity index (χ1) is 38.2. The minimum absolute atomic E-state index is 0.260. The average molecular weight is 1200 g/mol. The molecule has 83 heavy (non-hydrogen) atoms. The van der Waals surface area contributed by atoms with Crippen LogP contribution >= 0.6 is 0 Å². The fourth-order valence-electron chi connectivity index (χ4n) is 5.30. The van der Waals surface area contributed by atoms with Gasteiger partial charge in [-0.1, -0.05) is 71.1 Å². The van der Waals surface area contributed by atoms with Crippen molar-refractivity contribution in [1.82, 2.24) is 0 Å². The van der Waals surface area contributed by atoms with Gasteiger partial charge in [0.2, 0.25) is 0 Å². The third kappa shape index (κ3) is 155. The van der Waals surface area contributed by atoms with Crippen LogP contribution in [0.3, 0.4) is 0 Å².